The standard InChI is InChI=1S/C21H30O3/c1-20(2)12-7-13-21(3)16(17(22)10-11-18(20)21)14-24-19(23)15-8-5-4-6-9-15/h4-6,8-9,16-18,22H,7,10-14H2,1-3H3/t16-,17-,18+,21+/m1/s1. The minimum Gasteiger partial charge on any atom is -0.462 e. The van der Waals surface area contributed by atoms with Crippen LogP contribution >= 0.6 is 0 Å². The molecule has 0 bridgehead atoms. The van der Waals surface area contributed by atoms with E-state index in [1.165, 1.54) is 12.8 Å². The van der Waals surface area contributed by atoms with Gasteiger partial charge in [-0.25, -0.2) is 4.79 Å². The molecule has 24 heavy (non-hydrogen) atoms. The highest BCUT2D eigenvalue weighted by atomic mass is 16.5. The highest BCUT2D eigenvalue weighted by Crippen LogP contribution is 2.59. The number of hydrogen-bond acceptors (Lipinski definition) is 3. The molecule has 0 radical (unpaired) electrons. The van der Waals surface area contributed by atoms with Gasteiger partial charge >= 0.3 is 5.97 Å². The normalized spacial score (nSPS) is 35.1. The van der Waals surface area contributed by atoms with Crippen molar-refractivity contribution in [2.75, 3.05) is 6.61 Å². The summed E-state index contributed by atoms with van der Waals surface area (Å²) >= 11 is 0. The number of aliphatic hydroxyl groups is 1. The molecule has 3 rings (SSSR count). The van der Waals surface area contributed by atoms with Crippen LogP contribution < -0.4 is 0 Å². The summed E-state index contributed by atoms with van der Waals surface area (Å²) in [5.41, 5.74) is 0.930. The Morgan fingerprint density at radius 2 is 1.88 bits per heavy atom. The van der Waals surface area contributed by atoms with Gasteiger partial charge in [-0.05, 0) is 54.6 Å². The molecule has 0 unspecified atom stereocenters. The predicted octanol–water partition coefficient (Wildman–Crippen LogP) is 4.45. The molecule has 3 heteroatoms. The topological polar surface area (TPSA) is 46.5 Å². The summed E-state index contributed by atoms with van der Waals surface area (Å²) < 4.78 is 5.62. The zero-order valence-corrected chi connectivity index (χ0v) is 15.1. The second-order valence-electron chi connectivity index (χ2n) is 8.62. The van der Waals surface area contributed by atoms with Crippen molar-refractivity contribution >= 4 is 5.97 Å². The summed E-state index contributed by atoms with van der Waals surface area (Å²) in [6, 6.07) is 9.11. The number of aliphatic hydroxyl groups excluding tert-OH is 1. The first-order valence-electron chi connectivity index (χ1n) is 9.25. The first-order valence-corrected chi connectivity index (χ1v) is 9.25. The molecule has 132 valence electrons. The predicted molar refractivity (Wildman–Crippen MR) is 94.7 cm³/mol. The van der Waals surface area contributed by atoms with Gasteiger partial charge in [0.15, 0.2) is 0 Å². The second kappa shape index (κ2) is 6.51. The van der Waals surface area contributed by atoms with Gasteiger partial charge in [0.25, 0.3) is 0 Å². The maximum Gasteiger partial charge on any atom is 0.338 e. The summed E-state index contributed by atoms with van der Waals surface area (Å²) in [7, 11) is 0. The van der Waals surface area contributed by atoms with E-state index in [4.69, 9.17) is 4.74 Å². The van der Waals surface area contributed by atoms with E-state index in [2.05, 4.69) is 20.8 Å². The quantitative estimate of drug-likeness (QED) is 0.833. The van der Waals surface area contributed by atoms with Crippen molar-refractivity contribution in [3.8, 4) is 0 Å². The first-order chi connectivity index (χ1) is 11.3. The summed E-state index contributed by atoms with van der Waals surface area (Å²) in [5, 5.41) is 10.6. The molecule has 2 aliphatic carbocycles. The number of benzene rings is 1. The second-order valence-corrected chi connectivity index (χ2v) is 8.62. The fourth-order valence-corrected chi connectivity index (χ4v) is 5.43. The van der Waals surface area contributed by atoms with E-state index < -0.39 is 0 Å². The highest BCUT2D eigenvalue weighted by Gasteiger charge is 2.54. The van der Waals surface area contributed by atoms with Crippen molar-refractivity contribution in [2.45, 2.75) is 59.0 Å². The largest absolute Gasteiger partial charge is 0.462 e. The number of ether oxygens (including phenoxy) is 1. The smallest absolute Gasteiger partial charge is 0.338 e. The monoisotopic (exact) mass is 330 g/mol. The zero-order chi connectivity index (χ0) is 17.4. The lowest BCUT2D eigenvalue weighted by molar-refractivity contribution is -0.137. The Hall–Kier alpha value is -1.35. The van der Waals surface area contributed by atoms with E-state index in [9.17, 15) is 9.90 Å². The Morgan fingerprint density at radius 3 is 2.58 bits per heavy atom. The molecule has 3 nitrogen and oxygen atoms in total. The lowest BCUT2D eigenvalue weighted by Crippen LogP contribution is -2.54. The molecule has 1 aromatic rings. The van der Waals surface area contributed by atoms with Gasteiger partial charge in [0.05, 0.1) is 18.3 Å². The fraction of sp³-hybridized carbons (Fsp3) is 0.667. The van der Waals surface area contributed by atoms with Gasteiger partial charge in [-0.1, -0.05) is 45.4 Å². The van der Waals surface area contributed by atoms with Crippen LogP contribution in [0.3, 0.4) is 0 Å². The lowest BCUT2D eigenvalue weighted by atomic mass is 9.48. The van der Waals surface area contributed by atoms with Gasteiger partial charge < -0.3 is 9.84 Å². The molecule has 0 heterocycles. The van der Waals surface area contributed by atoms with Crippen LogP contribution in [0.1, 0.15) is 63.2 Å². The maximum atomic E-state index is 12.3. The molecule has 0 amide bonds. The molecule has 1 aromatic carbocycles. The number of esters is 1. The average molecular weight is 330 g/mol. The lowest BCUT2D eigenvalue weighted by Gasteiger charge is -2.58. The molecule has 0 spiro atoms. The molecule has 2 fully saturated rings. The molecule has 4 atom stereocenters. The van der Waals surface area contributed by atoms with Crippen LogP contribution in [0.25, 0.3) is 0 Å². The Balaban J connectivity index is 1.74. The van der Waals surface area contributed by atoms with Crippen LogP contribution in [0.4, 0.5) is 0 Å². The first kappa shape index (κ1) is 17.5. The minimum absolute atomic E-state index is 0.0310. The van der Waals surface area contributed by atoms with E-state index in [1.54, 1.807) is 12.1 Å². The maximum absolute atomic E-state index is 12.3. The van der Waals surface area contributed by atoms with E-state index in [1.807, 2.05) is 18.2 Å². The molecule has 2 aliphatic rings. The summed E-state index contributed by atoms with van der Waals surface area (Å²) in [6.07, 6.45) is 5.08. The van der Waals surface area contributed by atoms with E-state index in [0.717, 1.165) is 19.3 Å². The van der Waals surface area contributed by atoms with E-state index in [0.29, 0.717) is 23.5 Å². The van der Waals surface area contributed by atoms with Crippen molar-refractivity contribution in [1.29, 1.82) is 0 Å². The fourth-order valence-electron chi connectivity index (χ4n) is 5.43. The summed E-state index contributed by atoms with van der Waals surface area (Å²) in [6.45, 7) is 7.35. The van der Waals surface area contributed by atoms with Crippen molar-refractivity contribution in [2.24, 2.45) is 22.7 Å². The highest BCUT2D eigenvalue weighted by molar-refractivity contribution is 5.89. The van der Waals surface area contributed by atoms with Crippen LogP contribution in [0.2, 0.25) is 0 Å². The van der Waals surface area contributed by atoms with Crippen LogP contribution in [-0.2, 0) is 4.74 Å². The summed E-state index contributed by atoms with van der Waals surface area (Å²) in [4.78, 5) is 12.3. The Morgan fingerprint density at radius 1 is 1.17 bits per heavy atom. The molecule has 1 N–H and O–H groups in total. The van der Waals surface area contributed by atoms with Crippen LogP contribution in [0.15, 0.2) is 30.3 Å². The van der Waals surface area contributed by atoms with Crippen molar-refractivity contribution in [1.82, 2.24) is 0 Å². The molecular formula is C21H30O3. The number of carbonyl (C=O) groups excluding carboxylic acids is 1. The van der Waals surface area contributed by atoms with Crippen molar-refractivity contribution < 1.29 is 14.6 Å². The number of hydrogen-bond donors (Lipinski definition) is 1. The Kier molecular flexibility index (Phi) is 4.74. The van der Waals surface area contributed by atoms with Gasteiger partial charge in [-0.2, -0.15) is 0 Å². The van der Waals surface area contributed by atoms with Crippen LogP contribution in [0.5, 0.6) is 0 Å². The van der Waals surface area contributed by atoms with Crippen molar-refractivity contribution in [3.05, 3.63) is 35.9 Å². The van der Waals surface area contributed by atoms with Gasteiger partial charge in [0.2, 0.25) is 0 Å². The third kappa shape index (κ3) is 3.11. The molecule has 0 saturated heterocycles. The van der Waals surface area contributed by atoms with Gasteiger partial charge in [0.1, 0.15) is 0 Å². The molecule has 0 aliphatic heterocycles. The minimum atomic E-state index is -0.372. The molecule has 0 aromatic heterocycles. The SMILES string of the molecule is CC1(C)CCC[C@@]2(C)[C@H](COC(=O)c3ccccc3)[C@H](O)CC[C@@H]12. The summed E-state index contributed by atoms with van der Waals surface area (Å²) in [5.74, 6) is 0.328. The van der Waals surface area contributed by atoms with Crippen LogP contribution in [0, 0.1) is 22.7 Å². The zero-order valence-electron chi connectivity index (χ0n) is 15.1. The average Bonchev–Trinajstić information content (AvgIpc) is 2.54. The molecule has 2 saturated carbocycles. The van der Waals surface area contributed by atoms with Crippen molar-refractivity contribution in [3.63, 3.8) is 0 Å². The molecular weight excluding hydrogens is 300 g/mol. The third-order valence-corrected chi connectivity index (χ3v) is 6.74. The Labute approximate surface area is 145 Å². The number of carbonyl (C=O) groups is 1. The van der Waals surface area contributed by atoms with Gasteiger partial charge in [-0.15, -0.1) is 0 Å². The number of fused-ring (bicyclic) bond motifs is 1. The number of rotatable bonds is 3. The Bertz CT molecular complexity index is 580. The van der Waals surface area contributed by atoms with Gasteiger partial charge in [0, 0.05) is 5.92 Å². The van der Waals surface area contributed by atoms with E-state index in [-0.39, 0.29) is 23.4 Å². The third-order valence-electron chi connectivity index (χ3n) is 6.74. The van der Waals surface area contributed by atoms with Crippen LogP contribution in [-0.4, -0.2) is 23.8 Å². The van der Waals surface area contributed by atoms with Gasteiger partial charge in [-0.3, -0.25) is 0 Å². The van der Waals surface area contributed by atoms with E-state index >= 15 is 0 Å².